The second-order valence-electron chi connectivity index (χ2n) is 17.2. The molecule has 6 heterocycles. The van der Waals surface area contributed by atoms with E-state index in [-0.39, 0.29) is 53.5 Å². The van der Waals surface area contributed by atoms with E-state index in [0.29, 0.717) is 54.9 Å². The summed E-state index contributed by atoms with van der Waals surface area (Å²) in [5.74, 6) is 0.527. The molecule has 1 spiro atoms. The Kier molecular flexibility index (Phi) is 11.4. The van der Waals surface area contributed by atoms with Gasteiger partial charge in [0.05, 0.1) is 22.3 Å². The Morgan fingerprint density at radius 3 is 2.62 bits per heavy atom. The van der Waals surface area contributed by atoms with Crippen molar-refractivity contribution in [2.75, 3.05) is 31.6 Å². The molecule has 4 aromatic rings. The van der Waals surface area contributed by atoms with E-state index in [1.165, 1.54) is 17.4 Å². The number of nitrogens with one attached hydrogen (secondary N) is 1. The van der Waals surface area contributed by atoms with Gasteiger partial charge in [-0.25, -0.2) is 22.8 Å². The monoisotopic (exact) mass is 858 g/mol. The first kappa shape index (κ1) is 42.6. The summed E-state index contributed by atoms with van der Waals surface area (Å²) in [6.45, 7) is 8.58. The predicted molar refractivity (Wildman–Crippen MR) is 227 cm³/mol. The zero-order valence-electron chi connectivity index (χ0n) is 34.8. The maximum absolute atomic E-state index is 12.6. The lowest BCUT2D eigenvalue weighted by Gasteiger charge is -2.62. The van der Waals surface area contributed by atoms with E-state index >= 15 is 0 Å². The molecule has 6 aliphatic rings. The van der Waals surface area contributed by atoms with Crippen LogP contribution in [0.25, 0.3) is 10.9 Å². The number of hydrogen-bond acceptors (Lipinski definition) is 13. The summed E-state index contributed by atoms with van der Waals surface area (Å²) in [7, 11) is -0.932. The topological polar surface area (TPSA) is 210 Å². The van der Waals surface area contributed by atoms with Gasteiger partial charge in [0, 0.05) is 85.8 Å². The molecule has 61 heavy (non-hydrogen) atoms. The second kappa shape index (κ2) is 16.3. The number of H-pyrrole nitrogens is 1. The Balaban J connectivity index is 0.000000129. The van der Waals surface area contributed by atoms with Crippen molar-refractivity contribution in [1.29, 1.82) is 0 Å². The highest BCUT2D eigenvalue weighted by Gasteiger charge is 2.73. The molecule has 326 valence electrons. The molecule has 1 saturated carbocycles. The summed E-state index contributed by atoms with van der Waals surface area (Å²) < 4.78 is 35.6. The minimum atomic E-state index is -3.13. The molecule has 4 fully saturated rings. The first-order valence-corrected chi connectivity index (χ1v) is 22.9. The van der Waals surface area contributed by atoms with Crippen LogP contribution < -0.4 is 4.74 Å². The Hall–Kier alpha value is -5.10. The van der Waals surface area contributed by atoms with Crippen LogP contribution in [0, 0.1) is 17.0 Å². The Labute approximate surface area is 354 Å². The van der Waals surface area contributed by atoms with Gasteiger partial charge in [-0.05, 0) is 61.8 Å². The summed E-state index contributed by atoms with van der Waals surface area (Å²) in [6.07, 6.45) is 10.7. The highest BCUT2D eigenvalue weighted by atomic mass is 32.2. The van der Waals surface area contributed by atoms with Crippen molar-refractivity contribution in [3.05, 3.63) is 94.1 Å². The summed E-state index contributed by atoms with van der Waals surface area (Å²) >= 11 is 0. The molecule has 2 aliphatic carbocycles. The molecular weight excluding hydrogens is 805 g/mol. The maximum Gasteiger partial charge on any atom is 0.342 e. The maximum atomic E-state index is 12.6. The van der Waals surface area contributed by atoms with Crippen LogP contribution in [0.5, 0.6) is 11.5 Å². The van der Waals surface area contributed by atoms with Crippen LogP contribution in [-0.4, -0.2) is 127 Å². The van der Waals surface area contributed by atoms with Gasteiger partial charge in [-0.15, -0.1) is 6.58 Å². The van der Waals surface area contributed by atoms with Gasteiger partial charge >= 0.3 is 11.8 Å². The molecule has 7 atom stereocenters. The summed E-state index contributed by atoms with van der Waals surface area (Å²) in [5.41, 5.74) is 1.89. The molecule has 4 aliphatic heterocycles. The number of aryl methyl sites for hydroxylation is 1. The van der Waals surface area contributed by atoms with E-state index in [0.717, 1.165) is 54.2 Å². The standard InChI is InChI=1S/C19H21NO4.C17H20N2O2.C8H13N3O4S/c1-2-8-20-9-7-18-15-11-3-4-12(21)16(15)24-17(18)13(22)5-6-19(18,23)14(20)10-11;1-19-11-6-7-12(19)9-13(8-11)21-17(20)15-10-18-16-5-3-2-4-14(15)16;1-3-16(14,15)5-4-10-7(2)9-6-8(10)11(12)13/h2-4,14,17,21,23H,1,5-10H2;2-5,10-13,18H,6-9H2,1H3;6H,3-5H2,1-2H3/t14-,17+,18+,19-;11-,12+,13?;/m1../s1. The third-order valence-corrected chi connectivity index (χ3v) is 15.8. The number of esters is 1. The third kappa shape index (κ3) is 7.32. The molecule has 2 aromatic heterocycles. The summed E-state index contributed by atoms with van der Waals surface area (Å²) in [4.78, 5) is 46.8. The van der Waals surface area contributed by atoms with Crippen molar-refractivity contribution in [1.82, 2.24) is 24.3 Å². The molecule has 1 unspecified atom stereocenters. The number of nitrogens with zero attached hydrogens (tertiary/aromatic N) is 5. The van der Waals surface area contributed by atoms with E-state index < -0.39 is 31.9 Å². The SMILES string of the molecule is C=CCN1CC[C@]23c4c5ccc(O)c4O[C@H]2C(=O)CC[C@@]3(O)[C@H]1C5.CCS(=O)(=O)CCn1c([N+](=O)[O-])cnc1C.CN1[C@@H]2CC[C@H]1CC(OC(=O)c1c[nH]c3ccccc13)C2. The number of nitro groups is 1. The number of aromatic hydroxyl groups is 1. The number of likely N-dealkylation sites (tertiary alicyclic amines) is 1. The number of ketones is 1. The number of ether oxygens (including phenoxy) is 2. The Morgan fingerprint density at radius 1 is 1.18 bits per heavy atom. The van der Waals surface area contributed by atoms with E-state index in [2.05, 4.69) is 33.4 Å². The van der Waals surface area contributed by atoms with Crippen molar-refractivity contribution in [2.45, 2.75) is 113 Å². The first-order valence-electron chi connectivity index (χ1n) is 21.1. The molecule has 16 nitrogen and oxygen atoms in total. The largest absolute Gasteiger partial charge is 0.504 e. The molecule has 3 N–H and O–H groups in total. The number of carbonyl (C=O) groups excluding carboxylic acids is 2. The number of piperidine rings is 2. The van der Waals surface area contributed by atoms with Gasteiger partial charge in [0.15, 0.2) is 39.0 Å². The minimum absolute atomic E-state index is 0.0363. The normalized spacial score (nSPS) is 28.5. The molecule has 0 radical (unpaired) electrons. The first-order chi connectivity index (χ1) is 29.1. The third-order valence-electron chi connectivity index (χ3n) is 14.2. The molecule has 4 bridgehead atoms. The van der Waals surface area contributed by atoms with Gasteiger partial charge in [-0.3, -0.25) is 9.69 Å². The number of para-hydroxylation sites is 1. The summed E-state index contributed by atoms with van der Waals surface area (Å²) in [6, 6.07) is 12.5. The zero-order valence-corrected chi connectivity index (χ0v) is 35.6. The van der Waals surface area contributed by atoms with Crippen molar-refractivity contribution < 1.29 is 42.6 Å². The highest BCUT2D eigenvalue weighted by Crippen LogP contribution is 2.64. The van der Waals surface area contributed by atoms with Crippen LogP contribution in [0.1, 0.15) is 79.2 Å². The van der Waals surface area contributed by atoms with Crippen LogP contribution in [0.3, 0.4) is 0 Å². The van der Waals surface area contributed by atoms with E-state index in [9.17, 15) is 38.3 Å². The predicted octanol–water partition coefficient (Wildman–Crippen LogP) is 4.79. The molecular formula is C44H54N6O10S. The lowest BCUT2D eigenvalue weighted by atomic mass is 9.49. The number of hydrogen-bond donors (Lipinski definition) is 3. The van der Waals surface area contributed by atoms with Crippen molar-refractivity contribution >= 4 is 38.3 Å². The fourth-order valence-corrected chi connectivity index (χ4v) is 11.7. The number of phenolic OH excluding ortho intramolecular Hbond substituents is 1. The van der Waals surface area contributed by atoms with Gasteiger partial charge in [0.1, 0.15) is 18.8 Å². The fraction of sp³-hybridized carbons (Fsp3) is 0.523. The number of phenols is 1. The highest BCUT2D eigenvalue weighted by molar-refractivity contribution is 7.91. The molecule has 10 rings (SSSR count). The number of aromatic nitrogens is 3. The van der Waals surface area contributed by atoms with Crippen LogP contribution >= 0.6 is 0 Å². The fourth-order valence-electron chi connectivity index (χ4n) is 11.0. The van der Waals surface area contributed by atoms with Gasteiger partial charge in [-0.1, -0.05) is 37.3 Å². The van der Waals surface area contributed by atoms with Gasteiger partial charge < -0.3 is 39.7 Å². The Bertz CT molecular complexity index is 2470. The smallest absolute Gasteiger partial charge is 0.342 e. The minimum Gasteiger partial charge on any atom is -0.504 e. The molecule has 2 aromatic carbocycles. The number of carbonyl (C=O) groups is 2. The number of Topliss-reactive ketones (excluding diaryl/α,β-unsaturated/α-hetero) is 1. The van der Waals surface area contributed by atoms with Gasteiger partial charge in [0.25, 0.3) is 0 Å². The quantitative estimate of drug-likeness (QED) is 0.0897. The van der Waals surface area contributed by atoms with E-state index in [1.807, 2.05) is 36.4 Å². The number of sulfone groups is 1. The van der Waals surface area contributed by atoms with Crippen LogP contribution in [0.4, 0.5) is 5.82 Å². The lowest BCUT2D eigenvalue weighted by molar-refractivity contribution is -0.392. The number of imidazole rings is 1. The van der Waals surface area contributed by atoms with Crippen LogP contribution in [0.2, 0.25) is 0 Å². The average molecular weight is 859 g/mol. The van der Waals surface area contributed by atoms with Crippen molar-refractivity contribution in [2.24, 2.45) is 0 Å². The number of aliphatic hydroxyl groups is 1. The average Bonchev–Trinajstić information content (AvgIpc) is 3.98. The number of fused-ring (bicyclic) bond motifs is 3. The molecule has 3 saturated heterocycles. The van der Waals surface area contributed by atoms with Crippen LogP contribution in [0.15, 0.2) is 61.4 Å². The number of rotatable bonds is 9. The van der Waals surface area contributed by atoms with Crippen molar-refractivity contribution in [3.8, 4) is 11.5 Å². The van der Waals surface area contributed by atoms with E-state index in [1.54, 1.807) is 26.1 Å². The lowest BCUT2D eigenvalue weighted by Crippen LogP contribution is -2.76. The number of benzene rings is 2. The second-order valence-corrected chi connectivity index (χ2v) is 19.6. The molecule has 0 amide bonds. The Morgan fingerprint density at radius 2 is 1.92 bits per heavy atom. The molecule has 17 heteroatoms. The number of aromatic amines is 1. The van der Waals surface area contributed by atoms with E-state index in [4.69, 9.17) is 9.47 Å². The van der Waals surface area contributed by atoms with Gasteiger partial charge in [0.2, 0.25) is 0 Å². The zero-order chi connectivity index (χ0) is 43.4. The van der Waals surface area contributed by atoms with Crippen LogP contribution in [-0.2, 0) is 37.7 Å². The van der Waals surface area contributed by atoms with Crippen molar-refractivity contribution in [3.63, 3.8) is 0 Å². The summed E-state index contributed by atoms with van der Waals surface area (Å²) in [5, 5.41) is 33.7. The van der Waals surface area contributed by atoms with Gasteiger partial charge in [-0.2, -0.15) is 0 Å².